The van der Waals surface area contributed by atoms with Crippen LogP contribution in [-0.4, -0.2) is 19.6 Å². The van der Waals surface area contributed by atoms with Crippen molar-refractivity contribution in [1.29, 1.82) is 0 Å². The van der Waals surface area contributed by atoms with E-state index >= 15 is 0 Å². The molecule has 3 nitrogen and oxygen atoms in total. The molecule has 0 heterocycles. The van der Waals surface area contributed by atoms with E-state index in [0.717, 1.165) is 6.42 Å². The van der Waals surface area contributed by atoms with Crippen molar-refractivity contribution in [2.45, 2.75) is 13.3 Å². The number of rotatable bonds is 5. The molecular weight excluding hydrogens is 286 g/mol. The van der Waals surface area contributed by atoms with Crippen molar-refractivity contribution in [3.63, 3.8) is 0 Å². The molecule has 2 rings (SSSR count). The number of nitrogens with one attached hydrogen (secondary N) is 1. The summed E-state index contributed by atoms with van der Waals surface area (Å²) in [5.41, 5.74) is 2.92. The van der Waals surface area contributed by atoms with Crippen molar-refractivity contribution in [2.75, 3.05) is 13.7 Å². The smallest absolute Gasteiger partial charge is 0.255 e. The number of ether oxygens (including phenoxy) is 1. The van der Waals surface area contributed by atoms with Gasteiger partial charge in [0.15, 0.2) is 0 Å². The van der Waals surface area contributed by atoms with Crippen LogP contribution in [0.2, 0.25) is 5.02 Å². The van der Waals surface area contributed by atoms with Gasteiger partial charge in [0, 0.05) is 11.6 Å². The zero-order valence-electron chi connectivity index (χ0n) is 12.2. The zero-order valence-corrected chi connectivity index (χ0v) is 12.9. The van der Waals surface area contributed by atoms with E-state index in [-0.39, 0.29) is 5.91 Å². The molecule has 21 heavy (non-hydrogen) atoms. The highest BCUT2D eigenvalue weighted by molar-refractivity contribution is 6.30. The Morgan fingerprint density at radius 2 is 2.05 bits per heavy atom. The molecule has 0 bridgehead atoms. The second kappa shape index (κ2) is 7.14. The summed E-state index contributed by atoms with van der Waals surface area (Å²) in [6, 6.07) is 13.2. The van der Waals surface area contributed by atoms with Gasteiger partial charge in [0.05, 0.1) is 12.7 Å². The van der Waals surface area contributed by atoms with E-state index in [4.69, 9.17) is 16.3 Å². The van der Waals surface area contributed by atoms with Gasteiger partial charge >= 0.3 is 0 Å². The molecule has 0 unspecified atom stereocenters. The maximum atomic E-state index is 12.2. The Bertz CT molecular complexity index is 640. The lowest BCUT2D eigenvalue weighted by Gasteiger charge is -2.10. The summed E-state index contributed by atoms with van der Waals surface area (Å²) in [7, 11) is 1.52. The first-order chi connectivity index (χ1) is 10.1. The van der Waals surface area contributed by atoms with Crippen LogP contribution in [0.3, 0.4) is 0 Å². The van der Waals surface area contributed by atoms with Gasteiger partial charge in [-0.2, -0.15) is 0 Å². The van der Waals surface area contributed by atoms with Gasteiger partial charge < -0.3 is 10.1 Å². The summed E-state index contributed by atoms with van der Waals surface area (Å²) in [4.78, 5) is 12.2. The van der Waals surface area contributed by atoms with E-state index in [1.165, 1.54) is 18.2 Å². The van der Waals surface area contributed by atoms with Crippen molar-refractivity contribution in [3.05, 3.63) is 64.2 Å². The molecular formula is C17H18ClNO2. The Labute approximate surface area is 129 Å². The Kier molecular flexibility index (Phi) is 5.23. The number of methoxy groups -OCH3 is 1. The number of aryl methyl sites for hydroxylation is 1. The molecule has 2 aromatic rings. The summed E-state index contributed by atoms with van der Waals surface area (Å²) in [5.74, 6) is 0.326. The molecule has 0 atom stereocenters. The van der Waals surface area contributed by atoms with Crippen LogP contribution in [0, 0.1) is 6.92 Å². The van der Waals surface area contributed by atoms with E-state index in [0.29, 0.717) is 22.9 Å². The third-order valence-corrected chi connectivity index (χ3v) is 3.43. The third kappa shape index (κ3) is 4.23. The van der Waals surface area contributed by atoms with Crippen LogP contribution >= 0.6 is 11.6 Å². The molecule has 1 amide bonds. The van der Waals surface area contributed by atoms with Crippen LogP contribution in [0.25, 0.3) is 0 Å². The van der Waals surface area contributed by atoms with Crippen molar-refractivity contribution in [2.24, 2.45) is 0 Å². The second-order valence-electron chi connectivity index (χ2n) is 4.84. The molecule has 0 aliphatic heterocycles. The van der Waals surface area contributed by atoms with Gasteiger partial charge in [-0.05, 0) is 37.1 Å². The average molecular weight is 304 g/mol. The maximum absolute atomic E-state index is 12.2. The molecule has 4 heteroatoms. The molecule has 0 saturated heterocycles. The Balaban J connectivity index is 1.96. The van der Waals surface area contributed by atoms with Crippen molar-refractivity contribution in [3.8, 4) is 5.75 Å². The van der Waals surface area contributed by atoms with E-state index in [1.807, 2.05) is 6.07 Å². The first-order valence-electron chi connectivity index (χ1n) is 6.77. The van der Waals surface area contributed by atoms with Crippen LogP contribution in [0.5, 0.6) is 5.75 Å². The molecule has 1 N–H and O–H groups in total. The normalized spacial score (nSPS) is 10.2. The topological polar surface area (TPSA) is 38.3 Å². The third-order valence-electron chi connectivity index (χ3n) is 3.19. The minimum Gasteiger partial charge on any atom is -0.496 e. The fraction of sp³-hybridized carbons (Fsp3) is 0.235. The fourth-order valence-electron chi connectivity index (χ4n) is 2.14. The van der Waals surface area contributed by atoms with Crippen molar-refractivity contribution in [1.82, 2.24) is 5.32 Å². The number of carbonyl (C=O) groups is 1. The van der Waals surface area contributed by atoms with Crippen molar-refractivity contribution >= 4 is 17.5 Å². The Morgan fingerprint density at radius 3 is 2.76 bits per heavy atom. The molecule has 110 valence electrons. The summed E-state index contributed by atoms with van der Waals surface area (Å²) in [6.45, 7) is 2.63. The zero-order chi connectivity index (χ0) is 15.2. The lowest BCUT2D eigenvalue weighted by atomic mass is 10.1. The van der Waals surface area contributed by atoms with Gasteiger partial charge in [0.2, 0.25) is 0 Å². The van der Waals surface area contributed by atoms with Gasteiger partial charge in [0.1, 0.15) is 5.75 Å². The van der Waals surface area contributed by atoms with Crippen LogP contribution in [0.15, 0.2) is 42.5 Å². The lowest BCUT2D eigenvalue weighted by molar-refractivity contribution is 0.0951. The monoisotopic (exact) mass is 303 g/mol. The summed E-state index contributed by atoms with van der Waals surface area (Å²) >= 11 is 5.89. The first kappa shape index (κ1) is 15.4. The van der Waals surface area contributed by atoms with Gasteiger partial charge in [-0.25, -0.2) is 0 Å². The highest BCUT2D eigenvalue weighted by atomic mass is 35.5. The van der Waals surface area contributed by atoms with E-state index < -0.39 is 0 Å². The molecule has 0 aliphatic rings. The standard InChI is InChI=1S/C17H18ClNO2/c1-12-4-3-5-13(10-12)8-9-19-17(20)15-7-6-14(18)11-16(15)21-2/h3-7,10-11H,8-9H2,1-2H3,(H,19,20). The number of hydrogen-bond acceptors (Lipinski definition) is 2. The molecule has 0 aliphatic carbocycles. The average Bonchev–Trinajstić information content (AvgIpc) is 2.47. The summed E-state index contributed by atoms with van der Waals surface area (Å²) < 4.78 is 5.18. The molecule has 0 spiro atoms. The summed E-state index contributed by atoms with van der Waals surface area (Å²) in [5, 5.41) is 3.44. The molecule has 0 aromatic heterocycles. The largest absolute Gasteiger partial charge is 0.496 e. The Morgan fingerprint density at radius 1 is 1.24 bits per heavy atom. The Hall–Kier alpha value is -2.00. The number of amides is 1. The predicted molar refractivity (Wildman–Crippen MR) is 85.2 cm³/mol. The van der Waals surface area contributed by atoms with Gasteiger partial charge in [-0.1, -0.05) is 41.4 Å². The quantitative estimate of drug-likeness (QED) is 0.916. The van der Waals surface area contributed by atoms with Gasteiger partial charge in [0.25, 0.3) is 5.91 Å². The minimum absolute atomic E-state index is 0.156. The molecule has 0 saturated carbocycles. The van der Waals surface area contributed by atoms with Crippen LogP contribution in [0.4, 0.5) is 0 Å². The van der Waals surface area contributed by atoms with Gasteiger partial charge in [-0.15, -0.1) is 0 Å². The molecule has 2 aromatic carbocycles. The maximum Gasteiger partial charge on any atom is 0.255 e. The van der Waals surface area contributed by atoms with Gasteiger partial charge in [-0.3, -0.25) is 4.79 Å². The van der Waals surface area contributed by atoms with Crippen molar-refractivity contribution < 1.29 is 9.53 Å². The number of benzene rings is 2. The number of carbonyl (C=O) groups excluding carboxylic acids is 1. The molecule has 0 radical (unpaired) electrons. The molecule has 0 fully saturated rings. The van der Waals surface area contributed by atoms with Crippen LogP contribution < -0.4 is 10.1 Å². The van der Waals surface area contributed by atoms with E-state index in [2.05, 4.69) is 30.4 Å². The first-order valence-corrected chi connectivity index (χ1v) is 7.15. The highest BCUT2D eigenvalue weighted by Crippen LogP contribution is 2.22. The van der Waals surface area contributed by atoms with Crippen LogP contribution in [-0.2, 0) is 6.42 Å². The SMILES string of the molecule is COc1cc(Cl)ccc1C(=O)NCCc1cccc(C)c1. The number of halogens is 1. The minimum atomic E-state index is -0.156. The predicted octanol–water partition coefficient (Wildman–Crippen LogP) is 3.63. The fourth-order valence-corrected chi connectivity index (χ4v) is 2.30. The highest BCUT2D eigenvalue weighted by Gasteiger charge is 2.12. The second-order valence-corrected chi connectivity index (χ2v) is 5.28. The van der Waals surface area contributed by atoms with E-state index in [1.54, 1.807) is 18.2 Å². The van der Waals surface area contributed by atoms with Crippen LogP contribution in [0.1, 0.15) is 21.5 Å². The lowest BCUT2D eigenvalue weighted by Crippen LogP contribution is -2.26. The van der Waals surface area contributed by atoms with E-state index in [9.17, 15) is 4.79 Å². The number of hydrogen-bond donors (Lipinski definition) is 1. The summed E-state index contributed by atoms with van der Waals surface area (Å²) in [6.07, 6.45) is 0.795.